The molecule has 0 spiro atoms. The highest BCUT2D eigenvalue weighted by Gasteiger charge is 2.02. The minimum Gasteiger partial charge on any atom is -0.340 e. The van der Waals surface area contributed by atoms with E-state index >= 15 is 0 Å². The van der Waals surface area contributed by atoms with E-state index in [2.05, 4.69) is 21.4 Å². The molecule has 5 heteroatoms. The predicted octanol–water partition coefficient (Wildman–Crippen LogP) is 2.27. The van der Waals surface area contributed by atoms with Gasteiger partial charge >= 0.3 is 0 Å². The molecule has 0 fully saturated rings. The lowest BCUT2D eigenvalue weighted by Gasteiger charge is -2.06. The Kier molecular flexibility index (Phi) is 3.17. The molecule has 1 aromatic heterocycles. The summed E-state index contributed by atoms with van der Waals surface area (Å²) in [7, 11) is 0. The van der Waals surface area contributed by atoms with Crippen LogP contribution in [0.5, 0.6) is 0 Å². The quantitative estimate of drug-likeness (QED) is 0.862. The van der Waals surface area contributed by atoms with Crippen LogP contribution >= 0.6 is 0 Å². The maximum absolute atomic E-state index is 8.82. The Morgan fingerprint density at radius 3 is 2.67 bits per heavy atom. The summed E-state index contributed by atoms with van der Waals surface area (Å²) in [6.07, 6.45) is 0. The molecule has 86 valence electrons. The summed E-state index contributed by atoms with van der Waals surface area (Å²) < 4.78 is 0. The number of nitriles is 2. The molecule has 18 heavy (non-hydrogen) atoms. The van der Waals surface area contributed by atoms with Gasteiger partial charge < -0.3 is 5.32 Å². The summed E-state index contributed by atoms with van der Waals surface area (Å²) in [6, 6.07) is 12.6. The second kappa shape index (κ2) is 4.94. The van der Waals surface area contributed by atoms with Gasteiger partial charge in [-0.3, -0.25) is 0 Å². The van der Waals surface area contributed by atoms with Crippen LogP contribution in [0.4, 0.5) is 11.5 Å². The van der Waals surface area contributed by atoms with Gasteiger partial charge in [0.05, 0.1) is 11.6 Å². The third-order valence-electron chi connectivity index (χ3n) is 2.22. The summed E-state index contributed by atoms with van der Waals surface area (Å²) in [4.78, 5) is 8.14. The third kappa shape index (κ3) is 2.60. The Bertz CT molecular complexity index is 664. The molecule has 0 atom stereocenters. The minimum absolute atomic E-state index is 0.307. The number of benzene rings is 1. The molecule has 2 aromatic rings. The van der Waals surface area contributed by atoms with Crippen LogP contribution < -0.4 is 5.32 Å². The Labute approximate surface area is 104 Å². The Morgan fingerprint density at radius 2 is 1.94 bits per heavy atom. The van der Waals surface area contributed by atoms with Crippen LogP contribution in [0.15, 0.2) is 30.3 Å². The molecule has 0 aliphatic rings. The highest BCUT2D eigenvalue weighted by molar-refractivity contribution is 5.59. The molecular formula is C13H9N5. The molecule has 0 unspecified atom stereocenters. The first-order valence-electron chi connectivity index (χ1n) is 5.24. The van der Waals surface area contributed by atoms with Crippen LogP contribution in [0.25, 0.3) is 0 Å². The Hall–Kier alpha value is -2.92. The summed E-state index contributed by atoms with van der Waals surface area (Å²) in [6.45, 7) is 1.72. The van der Waals surface area contributed by atoms with Gasteiger partial charge in [-0.25, -0.2) is 9.97 Å². The van der Waals surface area contributed by atoms with Gasteiger partial charge in [0.25, 0.3) is 0 Å². The number of hydrogen-bond donors (Lipinski definition) is 1. The van der Waals surface area contributed by atoms with Gasteiger partial charge in [-0.1, -0.05) is 6.07 Å². The van der Waals surface area contributed by atoms with Crippen molar-refractivity contribution in [3.8, 4) is 12.1 Å². The summed E-state index contributed by atoms with van der Waals surface area (Å²) in [5.74, 6) is 1.06. The first kappa shape index (κ1) is 11.6. The highest BCUT2D eigenvalue weighted by Crippen LogP contribution is 2.16. The Morgan fingerprint density at radius 1 is 1.11 bits per heavy atom. The van der Waals surface area contributed by atoms with Crippen molar-refractivity contribution < 1.29 is 0 Å². The number of aryl methyl sites for hydroxylation is 1. The van der Waals surface area contributed by atoms with Crippen molar-refractivity contribution in [2.24, 2.45) is 0 Å². The maximum atomic E-state index is 8.82. The van der Waals surface area contributed by atoms with E-state index in [0.29, 0.717) is 22.9 Å². The fraction of sp³-hybridized carbons (Fsp3) is 0.0769. The molecular weight excluding hydrogens is 226 g/mol. The van der Waals surface area contributed by atoms with E-state index in [4.69, 9.17) is 10.5 Å². The van der Waals surface area contributed by atoms with Crippen LogP contribution in [-0.4, -0.2) is 9.97 Å². The van der Waals surface area contributed by atoms with E-state index < -0.39 is 0 Å². The van der Waals surface area contributed by atoms with Gasteiger partial charge in [0.15, 0.2) is 0 Å². The summed E-state index contributed by atoms with van der Waals surface area (Å²) in [5, 5.41) is 20.7. The lowest BCUT2D eigenvalue weighted by atomic mass is 10.2. The van der Waals surface area contributed by atoms with Crippen molar-refractivity contribution >= 4 is 11.5 Å². The van der Waals surface area contributed by atoms with E-state index in [9.17, 15) is 0 Å². The number of nitrogens with one attached hydrogen (secondary N) is 1. The first-order chi connectivity index (χ1) is 8.71. The van der Waals surface area contributed by atoms with E-state index in [1.807, 2.05) is 12.1 Å². The molecule has 0 aliphatic carbocycles. The number of nitrogens with zero attached hydrogens (tertiary/aromatic N) is 4. The van der Waals surface area contributed by atoms with E-state index in [1.165, 1.54) is 0 Å². The van der Waals surface area contributed by atoms with E-state index in [0.717, 1.165) is 5.69 Å². The summed E-state index contributed by atoms with van der Waals surface area (Å²) in [5.41, 5.74) is 1.61. The molecule has 1 heterocycles. The van der Waals surface area contributed by atoms with Crippen LogP contribution in [-0.2, 0) is 0 Å². The largest absolute Gasteiger partial charge is 0.340 e. The van der Waals surface area contributed by atoms with Gasteiger partial charge in [-0.15, -0.1) is 0 Å². The zero-order chi connectivity index (χ0) is 13.0. The normalized spacial score (nSPS) is 9.28. The zero-order valence-corrected chi connectivity index (χ0v) is 9.68. The lowest BCUT2D eigenvalue weighted by molar-refractivity contribution is 1.04. The topological polar surface area (TPSA) is 85.4 Å². The zero-order valence-electron chi connectivity index (χ0n) is 9.68. The molecule has 0 saturated heterocycles. The molecule has 5 nitrogen and oxygen atoms in total. The van der Waals surface area contributed by atoms with Gasteiger partial charge in [0.2, 0.25) is 0 Å². The summed E-state index contributed by atoms with van der Waals surface area (Å²) >= 11 is 0. The van der Waals surface area contributed by atoms with Gasteiger partial charge in [0.1, 0.15) is 23.4 Å². The smallest absolute Gasteiger partial charge is 0.146 e. The van der Waals surface area contributed by atoms with Crippen molar-refractivity contribution in [3.63, 3.8) is 0 Å². The van der Waals surface area contributed by atoms with Crippen molar-refractivity contribution in [1.29, 1.82) is 10.5 Å². The van der Waals surface area contributed by atoms with Crippen LogP contribution in [0.2, 0.25) is 0 Å². The number of hydrogen-bond acceptors (Lipinski definition) is 5. The van der Waals surface area contributed by atoms with E-state index in [-0.39, 0.29) is 0 Å². The second-order valence-electron chi connectivity index (χ2n) is 3.62. The number of rotatable bonds is 2. The fourth-order valence-corrected chi connectivity index (χ4v) is 1.50. The van der Waals surface area contributed by atoms with Crippen molar-refractivity contribution in [3.05, 3.63) is 47.4 Å². The van der Waals surface area contributed by atoms with Crippen LogP contribution in [0, 0.1) is 29.6 Å². The molecule has 0 aliphatic heterocycles. The lowest BCUT2D eigenvalue weighted by Crippen LogP contribution is -1.99. The molecule has 0 radical (unpaired) electrons. The van der Waals surface area contributed by atoms with Crippen molar-refractivity contribution in [2.75, 3.05) is 5.32 Å². The average molecular weight is 235 g/mol. The predicted molar refractivity (Wildman–Crippen MR) is 65.9 cm³/mol. The number of anilines is 2. The second-order valence-corrected chi connectivity index (χ2v) is 3.62. The van der Waals surface area contributed by atoms with E-state index in [1.54, 1.807) is 31.2 Å². The third-order valence-corrected chi connectivity index (χ3v) is 2.22. The minimum atomic E-state index is 0.307. The number of aromatic nitrogens is 2. The molecule has 0 saturated carbocycles. The van der Waals surface area contributed by atoms with Gasteiger partial charge in [-0.2, -0.15) is 10.5 Å². The monoisotopic (exact) mass is 235 g/mol. The van der Waals surface area contributed by atoms with Gasteiger partial charge in [-0.05, 0) is 25.1 Å². The Balaban J connectivity index is 2.31. The molecule has 1 N–H and O–H groups in total. The van der Waals surface area contributed by atoms with Crippen molar-refractivity contribution in [2.45, 2.75) is 6.92 Å². The standard InChI is InChI=1S/C13H9N5/c1-9-16-12(8-15)6-13(17-9)18-11-4-2-3-10(5-11)7-14/h2-6H,1H3,(H,16,17,18). The van der Waals surface area contributed by atoms with Crippen molar-refractivity contribution in [1.82, 2.24) is 9.97 Å². The highest BCUT2D eigenvalue weighted by atomic mass is 15.0. The fourth-order valence-electron chi connectivity index (χ4n) is 1.50. The molecule has 0 bridgehead atoms. The molecule has 0 amide bonds. The molecule has 1 aromatic carbocycles. The first-order valence-corrected chi connectivity index (χ1v) is 5.24. The SMILES string of the molecule is Cc1nc(C#N)cc(Nc2cccc(C#N)c2)n1. The average Bonchev–Trinajstić information content (AvgIpc) is 2.38. The molecule has 2 rings (SSSR count). The van der Waals surface area contributed by atoms with Crippen LogP contribution in [0.3, 0.4) is 0 Å². The van der Waals surface area contributed by atoms with Gasteiger partial charge in [0, 0.05) is 11.8 Å². The van der Waals surface area contributed by atoms with Crippen LogP contribution in [0.1, 0.15) is 17.1 Å². The maximum Gasteiger partial charge on any atom is 0.146 e.